The smallest absolute Gasteiger partial charge is 0.304 e. The van der Waals surface area contributed by atoms with E-state index < -0.39 is 17.7 Å². The lowest BCUT2D eigenvalue weighted by atomic mass is 9.88. The number of benzene rings is 1. The molecule has 0 saturated heterocycles. The van der Waals surface area contributed by atoms with Gasteiger partial charge in [0.25, 0.3) is 0 Å². The molecule has 0 saturated carbocycles. The van der Waals surface area contributed by atoms with Gasteiger partial charge in [-0.2, -0.15) is 18.3 Å². The topological polar surface area (TPSA) is 61.4 Å². The molecular weight excluding hydrogens is 453 g/mol. The van der Waals surface area contributed by atoms with Gasteiger partial charge in [-0.1, -0.05) is 25.1 Å². The van der Waals surface area contributed by atoms with Crippen molar-refractivity contribution in [1.29, 1.82) is 0 Å². The zero-order valence-corrected chi connectivity index (χ0v) is 19.5. The molecule has 1 unspecified atom stereocenters. The molecule has 0 amide bonds. The van der Waals surface area contributed by atoms with Crippen molar-refractivity contribution in [2.75, 3.05) is 0 Å². The van der Waals surface area contributed by atoms with Gasteiger partial charge in [0.1, 0.15) is 5.82 Å². The first kappa shape index (κ1) is 23.0. The maximum absolute atomic E-state index is 13.6. The average molecular weight is 479 g/mol. The molecule has 0 fully saturated rings. The van der Waals surface area contributed by atoms with Crippen molar-refractivity contribution < 1.29 is 13.2 Å². The number of fused-ring (bicyclic) bond motifs is 1. The zero-order chi connectivity index (χ0) is 24.6. The maximum atomic E-state index is 13.6. The van der Waals surface area contributed by atoms with E-state index in [0.717, 1.165) is 41.7 Å². The van der Waals surface area contributed by atoms with Crippen LogP contribution in [0, 0.1) is 6.92 Å². The van der Waals surface area contributed by atoms with Crippen molar-refractivity contribution in [2.24, 2.45) is 0 Å². The monoisotopic (exact) mass is 478 g/mol. The molecule has 0 bridgehead atoms. The van der Waals surface area contributed by atoms with Crippen molar-refractivity contribution in [3.8, 4) is 5.69 Å². The van der Waals surface area contributed by atoms with E-state index in [9.17, 15) is 13.2 Å². The molecular formula is C26H25F3N6. The van der Waals surface area contributed by atoms with E-state index in [1.165, 1.54) is 6.07 Å². The number of pyridine rings is 1. The molecule has 0 spiro atoms. The molecule has 180 valence electrons. The standard InChI is InChI=1S/C26H25F3N6/c1-3-22-23(34-15-17(2)30-16-34)12-10-18(31-22)11-13-24-32-25-20(8-6-14-35(25)33-24)19-7-4-5-9-21(19)26(27,28)29/h4-5,7,9-13,15-16,20H,3,6,8,14H2,1-2H3/b13-11+. The molecule has 1 atom stereocenters. The highest BCUT2D eigenvalue weighted by molar-refractivity contribution is 5.65. The first-order chi connectivity index (χ1) is 16.8. The van der Waals surface area contributed by atoms with E-state index in [1.807, 2.05) is 42.8 Å². The highest BCUT2D eigenvalue weighted by atomic mass is 19.4. The maximum Gasteiger partial charge on any atom is 0.416 e. The summed E-state index contributed by atoms with van der Waals surface area (Å²) in [5.41, 5.74) is 3.25. The van der Waals surface area contributed by atoms with Crippen LogP contribution in [0.4, 0.5) is 13.2 Å². The SMILES string of the molecule is CCc1nc(/C=C/c2nc3n(n2)CCCC3c2ccccc2C(F)(F)F)ccc1-n1cnc(C)c1. The first-order valence-corrected chi connectivity index (χ1v) is 11.6. The van der Waals surface area contributed by atoms with Crippen LogP contribution in [0.2, 0.25) is 0 Å². The molecule has 0 N–H and O–H groups in total. The van der Waals surface area contributed by atoms with Crippen LogP contribution in [0.3, 0.4) is 0 Å². The Balaban J connectivity index is 1.43. The largest absolute Gasteiger partial charge is 0.416 e. The Morgan fingerprint density at radius 2 is 1.91 bits per heavy atom. The van der Waals surface area contributed by atoms with Gasteiger partial charge >= 0.3 is 6.18 Å². The molecule has 4 heterocycles. The van der Waals surface area contributed by atoms with Gasteiger partial charge in [-0.05, 0) is 62.1 Å². The predicted molar refractivity (Wildman–Crippen MR) is 127 cm³/mol. The summed E-state index contributed by atoms with van der Waals surface area (Å²) in [4.78, 5) is 13.7. The Labute approximate surface area is 201 Å². The summed E-state index contributed by atoms with van der Waals surface area (Å²) in [5, 5.41) is 4.54. The number of nitrogens with zero attached hydrogens (tertiary/aromatic N) is 6. The third-order valence-electron chi connectivity index (χ3n) is 6.23. The third-order valence-corrected chi connectivity index (χ3v) is 6.23. The summed E-state index contributed by atoms with van der Waals surface area (Å²) in [6.07, 6.45) is 5.02. The Hall–Kier alpha value is -3.75. The number of alkyl halides is 3. The summed E-state index contributed by atoms with van der Waals surface area (Å²) in [7, 11) is 0. The van der Waals surface area contributed by atoms with Gasteiger partial charge in [0.2, 0.25) is 0 Å². The van der Waals surface area contributed by atoms with Crippen LogP contribution >= 0.6 is 0 Å². The van der Waals surface area contributed by atoms with Crippen LogP contribution in [0.15, 0.2) is 48.9 Å². The van der Waals surface area contributed by atoms with Gasteiger partial charge in [0, 0.05) is 18.7 Å². The Bertz CT molecular complexity index is 1380. The van der Waals surface area contributed by atoms with E-state index in [4.69, 9.17) is 4.98 Å². The van der Waals surface area contributed by atoms with Crippen LogP contribution in [-0.2, 0) is 19.1 Å². The highest BCUT2D eigenvalue weighted by Gasteiger charge is 2.37. The van der Waals surface area contributed by atoms with Crippen LogP contribution in [-0.4, -0.2) is 29.3 Å². The van der Waals surface area contributed by atoms with Crippen molar-refractivity contribution in [3.63, 3.8) is 0 Å². The number of hydrogen-bond donors (Lipinski definition) is 0. The van der Waals surface area contributed by atoms with Gasteiger partial charge in [0.15, 0.2) is 5.82 Å². The fourth-order valence-corrected chi connectivity index (χ4v) is 4.61. The van der Waals surface area contributed by atoms with Crippen LogP contribution in [0.1, 0.15) is 65.5 Å². The highest BCUT2D eigenvalue weighted by Crippen LogP contribution is 2.40. The van der Waals surface area contributed by atoms with Gasteiger partial charge in [-0.25, -0.2) is 14.6 Å². The number of aryl methyl sites for hydroxylation is 3. The minimum absolute atomic E-state index is 0.253. The number of aromatic nitrogens is 6. The van der Waals surface area contributed by atoms with E-state index in [2.05, 4.69) is 15.1 Å². The average Bonchev–Trinajstić information content (AvgIpc) is 3.47. The number of imidazole rings is 1. The minimum atomic E-state index is -4.41. The molecule has 0 aliphatic carbocycles. The lowest BCUT2D eigenvalue weighted by molar-refractivity contribution is -0.138. The number of hydrogen-bond acceptors (Lipinski definition) is 4. The minimum Gasteiger partial charge on any atom is -0.304 e. The lowest BCUT2D eigenvalue weighted by Gasteiger charge is -2.25. The summed E-state index contributed by atoms with van der Waals surface area (Å²) < 4.78 is 44.6. The Morgan fingerprint density at radius 3 is 2.66 bits per heavy atom. The third kappa shape index (κ3) is 4.62. The molecule has 4 aromatic rings. The normalized spacial score (nSPS) is 16.1. The molecule has 35 heavy (non-hydrogen) atoms. The fourth-order valence-electron chi connectivity index (χ4n) is 4.61. The second kappa shape index (κ2) is 9.13. The summed E-state index contributed by atoms with van der Waals surface area (Å²) >= 11 is 0. The quantitative estimate of drug-likeness (QED) is 0.361. The molecule has 1 aliphatic heterocycles. The predicted octanol–water partition coefficient (Wildman–Crippen LogP) is 5.84. The summed E-state index contributed by atoms with van der Waals surface area (Å²) in [6, 6.07) is 9.67. The zero-order valence-electron chi connectivity index (χ0n) is 19.5. The van der Waals surface area contributed by atoms with E-state index in [-0.39, 0.29) is 5.56 Å². The Kier molecular flexibility index (Phi) is 6.00. The van der Waals surface area contributed by atoms with E-state index in [1.54, 1.807) is 29.2 Å². The molecule has 9 heteroatoms. The van der Waals surface area contributed by atoms with Crippen LogP contribution < -0.4 is 0 Å². The van der Waals surface area contributed by atoms with Crippen molar-refractivity contribution >= 4 is 12.2 Å². The molecule has 6 nitrogen and oxygen atoms in total. The number of halogens is 3. The molecule has 1 aliphatic rings. The molecule has 5 rings (SSSR count). The molecule has 0 radical (unpaired) electrons. The van der Waals surface area contributed by atoms with Crippen molar-refractivity contribution in [1.82, 2.24) is 29.3 Å². The van der Waals surface area contributed by atoms with E-state index in [0.29, 0.717) is 24.6 Å². The molecule has 1 aromatic carbocycles. The van der Waals surface area contributed by atoms with Crippen LogP contribution in [0.5, 0.6) is 0 Å². The molecule has 3 aromatic heterocycles. The van der Waals surface area contributed by atoms with Gasteiger partial charge < -0.3 is 4.57 Å². The van der Waals surface area contributed by atoms with Gasteiger partial charge in [-0.15, -0.1) is 0 Å². The first-order valence-electron chi connectivity index (χ1n) is 11.6. The van der Waals surface area contributed by atoms with Crippen molar-refractivity contribution in [3.05, 3.63) is 88.8 Å². The van der Waals surface area contributed by atoms with E-state index >= 15 is 0 Å². The fraction of sp³-hybridized carbons (Fsp3) is 0.308. The Morgan fingerprint density at radius 1 is 1.09 bits per heavy atom. The van der Waals surface area contributed by atoms with Crippen molar-refractivity contribution in [2.45, 2.75) is 51.7 Å². The number of rotatable bonds is 5. The van der Waals surface area contributed by atoms with Gasteiger partial charge in [0.05, 0.1) is 34.7 Å². The second-order valence-electron chi connectivity index (χ2n) is 8.64. The van der Waals surface area contributed by atoms with Crippen LogP contribution in [0.25, 0.3) is 17.8 Å². The summed E-state index contributed by atoms with van der Waals surface area (Å²) in [6.45, 7) is 4.63. The second-order valence-corrected chi connectivity index (χ2v) is 8.64. The summed E-state index contributed by atoms with van der Waals surface area (Å²) in [5.74, 6) is 0.588. The van der Waals surface area contributed by atoms with Gasteiger partial charge in [-0.3, -0.25) is 4.98 Å². The lowest BCUT2D eigenvalue weighted by Crippen LogP contribution is -2.21.